The summed E-state index contributed by atoms with van der Waals surface area (Å²) in [5.41, 5.74) is 1.28. The second-order valence-corrected chi connectivity index (χ2v) is 6.39. The Bertz CT molecular complexity index is 396. The summed E-state index contributed by atoms with van der Waals surface area (Å²) in [6, 6.07) is 0.587. The minimum Gasteiger partial charge on any atom is -0.327 e. The van der Waals surface area contributed by atoms with Gasteiger partial charge in [0.1, 0.15) is 5.82 Å². The Labute approximate surface area is 106 Å². The molecule has 0 aromatic carbocycles. The Morgan fingerprint density at radius 1 is 1.44 bits per heavy atom. The van der Waals surface area contributed by atoms with Crippen LogP contribution in [0.4, 0.5) is 0 Å². The molecule has 2 aliphatic heterocycles. The van der Waals surface area contributed by atoms with Gasteiger partial charge in [0.2, 0.25) is 0 Å². The van der Waals surface area contributed by atoms with Gasteiger partial charge in [0.05, 0.1) is 5.69 Å². The average molecular weight is 257 g/mol. The smallest absolute Gasteiger partial charge is 0.150 e. The highest BCUT2D eigenvalue weighted by Crippen LogP contribution is 2.38. The van der Waals surface area contributed by atoms with Gasteiger partial charge in [0.15, 0.2) is 5.15 Å². The molecule has 0 amide bonds. The van der Waals surface area contributed by atoms with Crippen molar-refractivity contribution < 1.29 is 0 Å². The molecule has 1 fully saturated rings. The summed E-state index contributed by atoms with van der Waals surface area (Å²) in [6.07, 6.45) is 4.90. The predicted molar refractivity (Wildman–Crippen MR) is 69.6 cm³/mol. The lowest BCUT2D eigenvalue weighted by molar-refractivity contribution is 0.410. The molecule has 3 heterocycles. The number of fused-ring (bicyclic) bond motifs is 1. The van der Waals surface area contributed by atoms with Gasteiger partial charge in [-0.25, -0.2) is 4.98 Å². The van der Waals surface area contributed by atoms with Crippen LogP contribution < -0.4 is 0 Å². The summed E-state index contributed by atoms with van der Waals surface area (Å²) in [7, 11) is 0. The second-order valence-electron chi connectivity index (χ2n) is 4.88. The third kappa shape index (κ3) is 1.68. The fourth-order valence-corrected chi connectivity index (χ4v) is 4.38. The van der Waals surface area contributed by atoms with Crippen molar-refractivity contribution in [2.75, 3.05) is 11.5 Å². The normalized spacial score (nSPS) is 29.4. The molecular weight excluding hydrogens is 240 g/mol. The number of rotatable bonds is 1. The van der Waals surface area contributed by atoms with Crippen LogP contribution in [0.15, 0.2) is 0 Å². The van der Waals surface area contributed by atoms with Gasteiger partial charge in [-0.2, -0.15) is 11.8 Å². The first-order valence-electron chi connectivity index (χ1n) is 6.11. The molecule has 1 aromatic rings. The minimum absolute atomic E-state index is 0.587. The highest BCUT2D eigenvalue weighted by molar-refractivity contribution is 7.99. The third-order valence-electron chi connectivity index (χ3n) is 3.76. The van der Waals surface area contributed by atoms with E-state index in [4.69, 9.17) is 11.6 Å². The summed E-state index contributed by atoms with van der Waals surface area (Å²) in [6.45, 7) is 2.30. The van der Waals surface area contributed by atoms with Gasteiger partial charge in [-0.15, -0.1) is 0 Å². The van der Waals surface area contributed by atoms with Crippen molar-refractivity contribution in [2.45, 2.75) is 44.6 Å². The van der Waals surface area contributed by atoms with E-state index in [2.05, 4.69) is 16.5 Å². The van der Waals surface area contributed by atoms with Crippen LogP contribution in [0.25, 0.3) is 0 Å². The first-order valence-corrected chi connectivity index (χ1v) is 7.65. The van der Waals surface area contributed by atoms with Crippen molar-refractivity contribution in [3.05, 3.63) is 16.7 Å². The Hall–Kier alpha value is -0.150. The zero-order valence-electron chi connectivity index (χ0n) is 9.58. The van der Waals surface area contributed by atoms with E-state index in [1.807, 2.05) is 11.8 Å². The molecule has 4 heteroatoms. The van der Waals surface area contributed by atoms with E-state index in [1.54, 1.807) is 0 Å². The maximum atomic E-state index is 6.27. The SMILES string of the molecule is CC1CCCc2c(Cl)nc(C3CCSC3)n21. The summed E-state index contributed by atoms with van der Waals surface area (Å²) < 4.78 is 2.43. The summed E-state index contributed by atoms with van der Waals surface area (Å²) in [5, 5.41) is 0.762. The lowest BCUT2D eigenvalue weighted by Gasteiger charge is -2.25. The van der Waals surface area contributed by atoms with E-state index >= 15 is 0 Å². The van der Waals surface area contributed by atoms with Crippen LogP contribution in [0.5, 0.6) is 0 Å². The number of hydrogen-bond donors (Lipinski definition) is 0. The number of imidazole rings is 1. The number of nitrogens with zero attached hydrogens (tertiary/aromatic N) is 2. The Morgan fingerprint density at radius 3 is 3.06 bits per heavy atom. The molecule has 0 aliphatic carbocycles. The molecule has 1 aromatic heterocycles. The fraction of sp³-hybridized carbons (Fsp3) is 0.750. The average Bonchev–Trinajstić information content (AvgIpc) is 2.87. The van der Waals surface area contributed by atoms with Gasteiger partial charge < -0.3 is 4.57 Å². The van der Waals surface area contributed by atoms with Gasteiger partial charge >= 0.3 is 0 Å². The topological polar surface area (TPSA) is 17.8 Å². The lowest BCUT2D eigenvalue weighted by Crippen LogP contribution is -2.19. The Kier molecular flexibility index (Phi) is 2.92. The van der Waals surface area contributed by atoms with E-state index in [0.717, 1.165) is 11.6 Å². The number of aromatic nitrogens is 2. The van der Waals surface area contributed by atoms with Crippen molar-refractivity contribution in [2.24, 2.45) is 0 Å². The molecule has 2 atom stereocenters. The first-order chi connectivity index (χ1) is 7.77. The maximum Gasteiger partial charge on any atom is 0.150 e. The monoisotopic (exact) mass is 256 g/mol. The standard InChI is InChI=1S/C12H17ClN2S/c1-8-3-2-4-10-11(13)14-12(15(8)10)9-5-6-16-7-9/h8-9H,2-7H2,1H3. The first kappa shape index (κ1) is 11.0. The summed E-state index contributed by atoms with van der Waals surface area (Å²) in [5.74, 6) is 4.40. The van der Waals surface area contributed by atoms with Crippen molar-refractivity contribution in [1.29, 1.82) is 0 Å². The molecule has 0 radical (unpaired) electrons. The molecule has 2 unspecified atom stereocenters. The molecule has 0 bridgehead atoms. The zero-order valence-corrected chi connectivity index (χ0v) is 11.2. The molecule has 88 valence electrons. The van der Waals surface area contributed by atoms with E-state index < -0.39 is 0 Å². The maximum absolute atomic E-state index is 6.27. The predicted octanol–water partition coefficient (Wildman–Crippen LogP) is 3.65. The molecule has 0 saturated carbocycles. The minimum atomic E-state index is 0.587. The number of halogens is 1. The number of thioether (sulfide) groups is 1. The highest BCUT2D eigenvalue weighted by atomic mass is 35.5. The van der Waals surface area contributed by atoms with Gasteiger partial charge in [-0.05, 0) is 38.4 Å². The summed E-state index contributed by atoms with van der Waals surface area (Å²) >= 11 is 8.31. The third-order valence-corrected chi connectivity index (χ3v) is 5.22. The largest absolute Gasteiger partial charge is 0.327 e. The summed E-state index contributed by atoms with van der Waals surface area (Å²) in [4.78, 5) is 4.64. The molecule has 1 saturated heterocycles. The molecule has 16 heavy (non-hydrogen) atoms. The molecule has 2 aliphatic rings. The number of hydrogen-bond acceptors (Lipinski definition) is 2. The van der Waals surface area contributed by atoms with Crippen molar-refractivity contribution in [3.8, 4) is 0 Å². The van der Waals surface area contributed by atoms with Gasteiger partial charge in [0, 0.05) is 17.7 Å². The second kappa shape index (κ2) is 4.26. The van der Waals surface area contributed by atoms with Crippen LogP contribution in [0.1, 0.15) is 49.7 Å². The lowest BCUT2D eigenvalue weighted by atomic mass is 10.0. The molecule has 2 nitrogen and oxygen atoms in total. The van der Waals surface area contributed by atoms with Crippen molar-refractivity contribution in [1.82, 2.24) is 9.55 Å². The van der Waals surface area contributed by atoms with Gasteiger partial charge in [-0.3, -0.25) is 0 Å². The molecule has 0 N–H and O–H groups in total. The van der Waals surface area contributed by atoms with Crippen LogP contribution in [0.3, 0.4) is 0 Å². The Morgan fingerprint density at radius 2 is 2.31 bits per heavy atom. The van der Waals surface area contributed by atoms with Gasteiger partial charge in [-0.1, -0.05) is 11.6 Å². The highest BCUT2D eigenvalue weighted by Gasteiger charge is 2.29. The molecule has 0 spiro atoms. The zero-order chi connectivity index (χ0) is 11.1. The van der Waals surface area contributed by atoms with Crippen molar-refractivity contribution >= 4 is 23.4 Å². The van der Waals surface area contributed by atoms with Crippen LogP contribution in [0.2, 0.25) is 5.15 Å². The fourth-order valence-electron chi connectivity index (χ4n) is 2.89. The van der Waals surface area contributed by atoms with Crippen molar-refractivity contribution in [3.63, 3.8) is 0 Å². The van der Waals surface area contributed by atoms with Crippen LogP contribution in [-0.2, 0) is 6.42 Å². The van der Waals surface area contributed by atoms with E-state index in [1.165, 1.54) is 42.3 Å². The molecular formula is C12H17ClN2S. The van der Waals surface area contributed by atoms with E-state index in [9.17, 15) is 0 Å². The molecule has 3 rings (SSSR count). The quantitative estimate of drug-likeness (QED) is 0.763. The Balaban J connectivity index is 2.04. The van der Waals surface area contributed by atoms with Crippen LogP contribution in [0, 0.1) is 0 Å². The van der Waals surface area contributed by atoms with Gasteiger partial charge in [0.25, 0.3) is 0 Å². The van der Waals surface area contributed by atoms with Crippen LogP contribution >= 0.6 is 23.4 Å². The van der Waals surface area contributed by atoms with Crippen LogP contribution in [-0.4, -0.2) is 21.1 Å². The van der Waals surface area contributed by atoms with E-state index in [-0.39, 0.29) is 0 Å². The van der Waals surface area contributed by atoms with E-state index in [0.29, 0.717) is 12.0 Å².